The maximum absolute atomic E-state index is 9.11. The predicted molar refractivity (Wildman–Crippen MR) is 27.9 cm³/mol. The van der Waals surface area contributed by atoms with Crippen molar-refractivity contribution < 1.29 is 13.3 Å². The molecule has 0 unspecified atom stereocenters. The molecule has 0 aliphatic heterocycles. The standard InChI is InChI=1S/Cs.H2O3S2.H/c;1-5(2,3)4;/h;(H2,1,2,3,4);. The normalized spacial score (nSPS) is 9.67. The molecule has 0 fully saturated rings. The van der Waals surface area contributed by atoms with Crippen LogP contribution in [0.1, 0.15) is 0 Å². The van der Waals surface area contributed by atoms with Crippen LogP contribution in [0.5, 0.6) is 0 Å². The molecule has 0 spiro atoms. The van der Waals surface area contributed by atoms with Crippen LogP contribution in [0.2, 0.25) is 0 Å². The van der Waals surface area contributed by atoms with Gasteiger partial charge in [-0.15, -0.1) is 0 Å². The van der Waals surface area contributed by atoms with Gasteiger partial charge in [0.1, 0.15) is 0 Å². The van der Waals surface area contributed by atoms with Gasteiger partial charge in [0.2, 0.25) is 0 Å². The Balaban J connectivity index is 0. The van der Waals surface area contributed by atoms with Gasteiger partial charge < -0.3 is 0 Å². The van der Waals surface area contributed by atoms with Gasteiger partial charge in [-0.2, -0.15) is 4.21 Å². The Bertz CT molecular complexity index is 92.0. The van der Waals surface area contributed by atoms with Crippen LogP contribution in [0.4, 0.5) is 0 Å². The van der Waals surface area contributed by atoms with E-state index in [4.69, 9.17) is 13.3 Å². The first kappa shape index (κ1) is 11.2. The molecular weight excluding hydrogens is 245 g/mol. The summed E-state index contributed by atoms with van der Waals surface area (Å²) in [7, 11) is -3.83. The van der Waals surface area contributed by atoms with Gasteiger partial charge in [-0.3, -0.25) is 9.11 Å². The molecule has 0 atom stereocenters. The van der Waals surface area contributed by atoms with E-state index in [9.17, 15) is 0 Å². The molecule has 3 nitrogen and oxygen atoms in total. The summed E-state index contributed by atoms with van der Waals surface area (Å²) < 4.78 is 24.0. The molecule has 0 radical (unpaired) electrons. The van der Waals surface area contributed by atoms with Gasteiger partial charge in [-0.05, 0) is 0 Å². The molecule has 0 amide bonds. The first-order chi connectivity index (χ1) is 2.00. The maximum atomic E-state index is 9.11. The molecule has 0 bridgehead atoms. The molecule has 0 aromatic carbocycles. The van der Waals surface area contributed by atoms with Crippen molar-refractivity contribution in [3.8, 4) is 0 Å². The number of rotatable bonds is 0. The van der Waals surface area contributed by atoms with Crippen LogP contribution in [0.15, 0.2) is 0 Å². The van der Waals surface area contributed by atoms with E-state index in [0.717, 1.165) is 0 Å². The van der Waals surface area contributed by atoms with E-state index in [1.807, 2.05) is 0 Å². The van der Waals surface area contributed by atoms with Crippen LogP contribution in [0.25, 0.3) is 0 Å². The van der Waals surface area contributed by atoms with E-state index in [2.05, 4.69) is 11.2 Å². The van der Waals surface area contributed by atoms with Gasteiger partial charge in [0, 0.05) is 11.2 Å². The Morgan fingerprint density at radius 1 is 1.50 bits per heavy atom. The van der Waals surface area contributed by atoms with E-state index >= 15 is 0 Å². The van der Waals surface area contributed by atoms with Crippen LogP contribution >= 0.6 is 0 Å². The summed E-state index contributed by atoms with van der Waals surface area (Å²) in [6.45, 7) is 0. The molecule has 0 aliphatic carbocycles. The summed E-state index contributed by atoms with van der Waals surface area (Å²) in [5.74, 6) is 0. The molecule has 0 aliphatic rings. The van der Waals surface area contributed by atoms with Gasteiger partial charge in [0.25, 0.3) is 9.05 Å². The van der Waals surface area contributed by atoms with Crippen LogP contribution in [0, 0.1) is 0 Å². The van der Waals surface area contributed by atoms with Crippen molar-refractivity contribution in [1.29, 1.82) is 0 Å². The minimum atomic E-state index is -3.83. The van der Waals surface area contributed by atoms with Crippen LogP contribution < -0.4 is 0 Å². The predicted octanol–water partition coefficient (Wildman–Crippen LogP) is -0.970. The van der Waals surface area contributed by atoms with E-state index in [0.29, 0.717) is 0 Å². The summed E-state index contributed by atoms with van der Waals surface area (Å²) in [4.78, 5) is 0. The Hall–Kier alpha value is 2.34. The van der Waals surface area contributed by atoms with Crippen molar-refractivity contribution in [3.63, 3.8) is 0 Å². The summed E-state index contributed by atoms with van der Waals surface area (Å²) in [5.41, 5.74) is 0. The fourth-order valence-corrected chi connectivity index (χ4v) is 0. The molecule has 0 saturated heterocycles. The van der Waals surface area contributed by atoms with Crippen molar-refractivity contribution in [2.24, 2.45) is 0 Å². The summed E-state index contributed by atoms with van der Waals surface area (Å²) in [6.07, 6.45) is 0. The Kier molecular flexibility index (Phi) is 7.91. The van der Waals surface area contributed by atoms with Crippen LogP contribution in [0.3, 0.4) is 0 Å². The molecule has 6 heavy (non-hydrogen) atoms. The average Bonchev–Trinajstić information content (AvgIpc) is 0.722. The van der Waals surface area contributed by atoms with Gasteiger partial charge in [-0.1, -0.05) is 0 Å². The monoisotopic (exact) mass is 248 g/mol. The van der Waals surface area contributed by atoms with Crippen LogP contribution in [-0.4, -0.2) is 82.2 Å². The molecule has 2 N–H and O–H groups in total. The zero-order valence-corrected chi connectivity index (χ0v) is 3.75. The summed E-state index contributed by atoms with van der Waals surface area (Å²) >= 11 is 3.47. The third-order valence-corrected chi connectivity index (χ3v) is 0. The first-order valence-electron chi connectivity index (χ1n) is 0.698. The van der Waals surface area contributed by atoms with Gasteiger partial charge in [0.05, 0.1) is 0 Å². The number of hydrogen-bond donors (Lipinski definition) is 2. The SMILES string of the molecule is O=S(O)(O)=S.[CsH]. The van der Waals surface area contributed by atoms with E-state index in [-0.39, 0.29) is 68.9 Å². The van der Waals surface area contributed by atoms with Crippen molar-refractivity contribution in [3.05, 3.63) is 0 Å². The van der Waals surface area contributed by atoms with E-state index < -0.39 is 9.05 Å². The Morgan fingerprint density at radius 3 is 1.50 bits per heavy atom. The quantitative estimate of drug-likeness (QED) is 0.579. The zero-order valence-electron chi connectivity index (χ0n) is 2.12. The van der Waals surface area contributed by atoms with Crippen molar-refractivity contribution in [2.45, 2.75) is 0 Å². The third-order valence-electron chi connectivity index (χ3n) is 0. The van der Waals surface area contributed by atoms with Gasteiger partial charge in [0.15, 0.2) is 0 Å². The minimum absolute atomic E-state index is 0. The summed E-state index contributed by atoms with van der Waals surface area (Å²) in [5, 5.41) is 0. The fraction of sp³-hybridized carbons (Fsp3) is 0. The average molecular weight is 248 g/mol. The second kappa shape index (κ2) is 4.24. The van der Waals surface area contributed by atoms with Crippen molar-refractivity contribution in [1.82, 2.24) is 0 Å². The Labute approximate surface area is 99.6 Å². The van der Waals surface area contributed by atoms with Gasteiger partial charge >= 0.3 is 68.9 Å². The third kappa shape index (κ3) is 33.0. The van der Waals surface area contributed by atoms with Crippen molar-refractivity contribution >= 4 is 89.1 Å². The molecule has 0 aromatic rings. The molecule has 34 valence electrons. The van der Waals surface area contributed by atoms with Crippen molar-refractivity contribution in [2.75, 3.05) is 0 Å². The molecule has 0 aromatic heterocycles. The first-order valence-corrected chi connectivity index (χ1v) is 3.10. The molecule has 0 saturated carbocycles. The summed E-state index contributed by atoms with van der Waals surface area (Å²) in [6, 6.07) is 0. The van der Waals surface area contributed by atoms with Gasteiger partial charge in [-0.25, -0.2) is 0 Å². The van der Waals surface area contributed by atoms with E-state index in [1.165, 1.54) is 0 Å². The molecule has 6 heteroatoms. The zero-order chi connectivity index (χ0) is 4.50. The molecule has 0 rings (SSSR count). The second-order valence-electron chi connectivity index (χ2n) is 0.448. The fourth-order valence-electron chi connectivity index (χ4n) is 0. The topological polar surface area (TPSA) is 57.5 Å². The Morgan fingerprint density at radius 2 is 1.50 bits per heavy atom. The molecular formula is H3CsO3S2. The van der Waals surface area contributed by atoms with Crippen LogP contribution in [-0.2, 0) is 20.2 Å². The second-order valence-corrected chi connectivity index (χ2v) is 2.65. The number of hydrogen-bond acceptors (Lipinski definition) is 2. The molecule has 0 heterocycles. The van der Waals surface area contributed by atoms with E-state index in [1.54, 1.807) is 0 Å².